The van der Waals surface area contributed by atoms with Crippen LogP contribution in [0, 0.1) is 0 Å². The first kappa shape index (κ1) is 21.8. The molecule has 0 unspecified atom stereocenters. The summed E-state index contributed by atoms with van der Waals surface area (Å²) < 4.78 is 38.0. The Morgan fingerprint density at radius 1 is 1.13 bits per heavy atom. The zero-order chi connectivity index (χ0) is 21.7. The van der Waals surface area contributed by atoms with Crippen molar-refractivity contribution in [2.45, 2.75) is 24.5 Å². The second kappa shape index (κ2) is 9.24. The van der Waals surface area contributed by atoms with E-state index in [1.807, 2.05) is 0 Å². The van der Waals surface area contributed by atoms with Crippen LogP contribution in [-0.4, -0.2) is 40.4 Å². The van der Waals surface area contributed by atoms with Crippen molar-refractivity contribution in [3.63, 3.8) is 0 Å². The predicted molar refractivity (Wildman–Crippen MR) is 109 cm³/mol. The van der Waals surface area contributed by atoms with Crippen LogP contribution in [0.3, 0.4) is 0 Å². The van der Waals surface area contributed by atoms with Gasteiger partial charge in [0.15, 0.2) is 0 Å². The topological polar surface area (TPSA) is 128 Å². The molecule has 160 valence electrons. The van der Waals surface area contributed by atoms with E-state index in [2.05, 4.69) is 4.72 Å². The van der Waals surface area contributed by atoms with Crippen molar-refractivity contribution in [2.24, 2.45) is 5.73 Å². The summed E-state index contributed by atoms with van der Waals surface area (Å²) >= 11 is 0. The lowest BCUT2D eigenvalue weighted by molar-refractivity contribution is -0.118. The maximum Gasteiger partial charge on any atom is 0.242 e. The molecule has 0 aromatic heterocycles. The summed E-state index contributed by atoms with van der Waals surface area (Å²) in [5.74, 6) is -0.487. The lowest BCUT2D eigenvalue weighted by Gasteiger charge is -2.23. The van der Waals surface area contributed by atoms with E-state index in [0.29, 0.717) is 24.7 Å². The lowest BCUT2D eigenvalue weighted by atomic mass is 10.1. The number of fused-ring (bicyclic) bond motifs is 1. The van der Waals surface area contributed by atoms with Gasteiger partial charge in [0.2, 0.25) is 21.8 Å². The number of methoxy groups -OCH3 is 1. The Kier molecular flexibility index (Phi) is 6.70. The maximum absolute atomic E-state index is 12.8. The average Bonchev–Trinajstić information content (AvgIpc) is 3.20. The van der Waals surface area contributed by atoms with E-state index in [1.54, 1.807) is 36.4 Å². The van der Waals surface area contributed by atoms with Crippen LogP contribution in [0.2, 0.25) is 0 Å². The number of sulfonamides is 1. The Morgan fingerprint density at radius 3 is 2.50 bits per heavy atom. The number of anilines is 1. The Labute approximate surface area is 174 Å². The van der Waals surface area contributed by atoms with E-state index in [9.17, 15) is 18.0 Å². The molecule has 0 saturated heterocycles. The third kappa shape index (κ3) is 5.15. The third-order valence-electron chi connectivity index (χ3n) is 4.68. The van der Waals surface area contributed by atoms with E-state index < -0.39 is 28.4 Å². The fraction of sp³-hybridized carbons (Fsp3) is 0.300. The molecule has 0 atom stereocenters. The highest BCUT2D eigenvalue weighted by Gasteiger charge is 2.22. The lowest BCUT2D eigenvalue weighted by Crippen LogP contribution is -2.41. The number of nitrogens with two attached hydrogens (primary N) is 1. The quantitative estimate of drug-likeness (QED) is 0.605. The molecule has 10 heteroatoms. The van der Waals surface area contributed by atoms with Gasteiger partial charge in [0.1, 0.15) is 5.75 Å². The van der Waals surface area contributed by atoms with Crippen LogP contribution in [0.15, 0.2) is 47.4 Å². The first-order valence-corrected chi connectivity index (χ1v) is 10.7. The summed E-state index contributed by atoms with van der Waals surface area (Å²) in [5.41, 5.74) is 7.46. The van der Waals surface area contributed by atoms with E-state index in [-0.39, 0.29) is 17.9 Å². The number of ether oxygens (including phenoxy) is 2. The van der Waals surface area contributed by atoms with Gasteiger partial charge in [0, 0.05) is 18.7 Å². The Hall–Kier alpha value is -2.95. The van der Waals surface area contributed by atoms with Crippen LogP contribution in [0.25, 0.3) is 0 Å². The summed E-state index contributed by atoms with van der Waals surface area (Å²) in [6.45, 7) is 0.368. The molecular weight excluding hydrogens is 410 g/mol. The van der Waals surface area contributed by atoms with Crippen LogP contribution >= 0.6 is 0 Å². The van der Waals surface area contributed by atoms with Gasteiger partial charge in [-0.3, -0.25) is 9.59 Å². The van der Waals surface area contributed by atoms with Gasteiger partial charge in [-0.05, 0) is 47.5 Å². The number of carbonyl (C=O) groups is 2. The van der Waals surface area contributed by atoms with Crippen LogP contribution in [0.4, 0.5) is 5.69 Å². The van der Waals surface area contributed by atoms with Gasteiger partial charge in [-0.2, -0.15) is 0 Å². The Morgan fingerprint density at radius 2 is 1.83 bits per heavy atom. The van der Waals surface area contributed by atoms with Gasteiger partial charge in [-0.15, -0.1) is 0 Å². The maximum atomic E-state index is 12.8. The van der Waals surface area contributed by atoms with Crippen molar-refractivity contribution in [1.29, 1.82) is 0 Å². The van der Waals surface area contributed by atoms with Gasteiger partial charge in [0.05, 0.1) is 31.8 Å². The van der Waals surface area contributed by atoms with Crippen molar-refractivity contribution >= 4 is 27.5 Å². The van der Waals surface area contributed by atoms with Crippen molar-refractivity contribution in [2.75, 3.05) is 25.1 Å². The second-order valence-electron chi connectivity index (χ2n) is 6.71. The predicted octanol–water partition coefficient (Wildman–Crippen LogP) is 0.912. The van der Waals surface area contributed by atoms with Crippen molar-refractivity contribution in [3.8, 4) is 5.75 Å². The van der Waals surface area contributed by atoms with Crippen LogP contribution in [-0.2, 0) is 37.6 Å². The number of rotatable bonds is 9. The molecule has 0 fully saturated rings. The largest absolute Gasteiger partial charge is 0.497 e. The molecule has 30 heavy (non-hydrogen) atoms. The molecule has 3 N–H and O–H groups in total. The molecule has 0 saturated carbocycles. The summed E-state index contributed by atoms with van der Waals surface area (Å²) in [6.07, 6.45) is -0.0602. The number of nitrogens with zero attached hydrogens (tertiary/aromatic N) is 1. The summed E-state index contributed by atoms with van der Waals surface area (Å²) in [7, 11) is -2.38. The van der Waals surface area contributed by atoms with Gasteiger partial charge in [-0.1, -0.05) is 6.07 Å². The van der Waals surface area contributed by atoms with Crippen LogP contribution in [0.5, 0.6) is 5.75 Å². The van der Waals surface area contributed by atoms with E-state index in [1.165, 1.54) is 18.1 Å². The third-order valence-corrected chi connectivity index (χ3v) is 6.08. The average molecular weight is 433 g/mol. The number of amides is 2. The summed E-state index contributed by atoms with van der Waals surface area (Å²) in [5, 5.41) is 0. The molecule has 3 rings (SSSR count). The standard InChI is InChI=1S/C20H23N3O6S/c1-28-17-5-3-16(4-6-17)23(9-8-19(21)24)20(25)11-22-30(26,27)18-7-2-14-12-29-13-15(14)10-18/h2-7,10,22H,8-9,11-13H2,1H3,(H2,21,24). The van der Waals surface area contributed by atoms with Crippen molar-refractivity contribution in [1.82, 2.24) is 4.72 Å². The first-order valence-electron chi connectivity index (χ1n) is 9.22. The normalized spacial score (nSPS) is 13.0. The highest BCUT2D eigenvalue weighted by Crippen LogP contribution is 2.23. The van der Waals surface area contributed by atoms with E-state index in [0.717, 1.165) is 11.1 Å². The van der Waals surface area contributed by atoms with Gasteiger partial charge in [-0.25, -0.2) is 13.1 Å². The molecule has 1 aliphatic heterocycles. The molecule has 0 aliphatic carbocycles. The van der Waals surface area contributed by atoms with E-state index in [4.69, 9.17) is 15.2 Å². The van der Waals surface area contributed by atoms with E-state index >= 15 is 0 Å². The first-order chi connectivity index (χ1) is 14.3. The molecule has 9 nitrogen and oxygen atoms in total. The highest BCUT2D eigenvalue weighted by atomic mass is 32.2. The Bertz CT molecular complexity index is 1040. The van der Waals surface area contributed by atoms with Crippen LogP contribution < -0.4 is 20.1 Å². The van der Waals surface area contributed by atoms with Gasteiger partial charge < -0.3 is 20.1 Å². The molecule has 0 radical (unpaired) electrons. The molecule has 0 bridgehead atoms. The summed E-state index contributed by atoms with van der Waals surface area (Å²) in [6, 6.07) is 11.3. The number of benzene rings is 2. The number of hydrogen-bond acceptors (Lipinski definition) is 6. The Balaban J connectivity index is 1.73. The fourth-order valence-electron chi connectivity index (χ4n) is 3.03. The number of hydrogen-bond donors (Lipinski definition) is 2. The molecular formula is C20H23N3O6S. The molecule has 2 aromatic carbocycles. The molecule has 1 heterocycles. The minimum atomic E-state index is -3.90. The molecule has 1 aliphatic rings. The minimum absolute atomic E-state index is 0.0262. The molecule has 2 amide bonds. The number of primary amides is 1. The van der Waals surface area contributed by atoms with Crippen molar-refractivity contribution < 1.29 is 27.5 Å². The summed E-state index contributed by atoms with van der Waals surface area (Å²) in [4.78, 5) is 25.3. The number of carbonyl (C=O) groups excluding carboxylic acids is 2. The highest BCUT2D eigenvalue weighted by molar-refractivity contribution is 7.89. The molecule has 2 aromatic rings. The fourth-order valence-corrected chi connectivity index (χ4v) is 4.06. The smallest absolute Gasteiger partial charge is 0.242 e. The minimum Gasteiger partial charge on any atom is -0.497 e. The number of nitrogens with one attached hydrogen (secondary N) is 1. The van der Waals surface area contributed by atoms with Gasteiger partial charge >= 0.3 is 0 Å². The zero-order valence-electron chi connectivity index (χ0n) is 16.5. The zero-order valence-corrected chi connectivity index (χ0v) is 17.3. The van der Waals surface area contributed by atoms with Crippen molar-refractivity contribution in [3.05, 3.63) is 53.6 Å². The van der Waals surface area contributed by atoms with Gasteiger partial charge in [0.25, 0.3) is 0 Å². The second-order valence-corrected chi connectivity index (χ2v) is 8.47. The van der Waals surface area contributed by atoms with Crippen LogP contribution in [0.1, 0.15) is 17.5 Å². The SMILES string of the molecule is COc1ccc(N(CCC(N)=O)C(=O)CNS(=O)(=O)c2ccc3c(c2)COC3)cc1. The monoisotopic (exact) mass is 433 g/mol. The molecule has 0 spiro atoms.